The van der Waals surface area contributed by atoms with Crippen LogP contribution in [0.25, 0.3) is 0 Å². The fourth-order valence-corrected chi connectivity index (χ4v) is 4.41. The number of urea groups is 1. The number of carbonyl (C=O) groups excluding carboxylic acids is 3. The molecule has 2 atom stereocenters. The second kappa shape index (κ2) is 15.4. The Morgan fingerprint density at radius 1 is 0.971 bits per heavy atom. The first-order valence-corrected chi connectivity index (χ1v) is 13.1. The molecule has 1 aliphatic rings. The molecule has 0 radical (unpaired) electrons. The predicted molar refractivity (Wildman–Crippen MR) is 137 cm³/mol. The van der Waals surface area contributed by atoms with Crippen LogP contribution in [0.1, 0.15) is 77.7 Å². The molecule has 1 aromatic carbocycles. The molecule has 1 saturated heterocycles. The van der Waals surface area contributed by atoms with Gasteiger partial charge in [0.25, 0.3) is 0 Å². The summed E-state index contributed by atoms with van der Waals surface area (Å²) in [5.74, 6) is 0.0957. The van der Waals surface area contributed by atoms with Crippen LogP contribution in [0.4, 0.5) is 4.79 Å². The number of hydrogen-bond donors (Lipinski definition) is 2. The van der Waals surface area contributed by atoms with Gasteiger partial charge in [-0.2, -0.15) is 0 Å². The van der Waals surface area contributed by atoms with E-state index in [9.17, 15) is 14.4 Å². The quantitative estimate of drug-likeness (QED) is 0.424. The Kier molecular flexibility index (Phi) is 12.5. The fourth-order valence-electron chi connectivity index (χ4n) is 4.41. The van der Waals surface area contributed by atoms with E-state index >= 15 is 0 Å². The first-order valence-electron chi connectivity index (χ1n) is 13.1. The van der Waals surface area contributed by atoms with Crippen molar-refractivity contribution >= 4 is 17.8 Å². The van der Waals surface area contributed by atoms with Crippen molar-refractivity contribution < 1.29 is 14.4 Å². The number of amides is 4. The maximum atomic E-state index is 13.4. The molecule has 190 valence electrons. The number of rotatable bonds is 13. The molecular weight excluding hydrogens is 428 g/mol. The number of nitrogens with one attached hydrogen (secondary N) is 2. The van der Waals surface area contributed by atoms with Gasteiger partial charge in [0, 0.05) is 45.1 Å². The van der Waals surface area contributed by atoms with Gasteiger partial charge in [-0.1, -0.05) is 76.3 Å². The van der Waals surface area contributed by atoms with Crippen molar-refractivity contribution in [2.24, 2.45) is 0 Å². The smallest absolute Gasteiger partial charge is 0.315 e. The highest BCUT2D eigenvalue weighted by Crippen LogP contribution is 2.16. The Labute approximate surface area is 205 Å². The van der Waals surface area contributed by atoms with Crippen LogP contribution in [-0.2, 0) is 16.0 Å². The SMILES string of the molecule is CCCCCCCC(=O)N1CCN(C(=O)C(Cc2ccccc2)NC(=O)NCCCC)CC1C. The highest BCUT2D eigenvalue weighted by Gasteiger charge is 2.33. The monoisotopic (exact) mass is 472 g/mol. The van der Waals surface area contributed by atoms with Gasteiger partial charge in [0.1, 0.15) is 6.04 Å². The van der Waals surface area contributed by atoms with Gasteiger partial charge >= 0.3 is 6.03 Å². The van der Waals surface area contributed by atoms with Crippen molar-refractivity contribution in [3.05, 3.63) is 35.9 Å². The summed E-state index contributed by atoms with van der Waals surface area (Å²) < 4.78 is 0. The van der Waals surface area contributed by atoms with E-state index in [-0.39, 0.29) is 23.9 Å². The lowest BCUT2D eigenvalue weighted by atomic mass is 10.0. The van der Waals surface area contributed by atoms with Gasteiger partial charge in [-0.15, -0.1) is 0 Å². The lowest BCUT2D eigenvalue weighted by molar-refractivity contribution is -0.143. The van der Waals surface area contributed by atoms with Gasteiger partial charge in [0.05, 0.1) is 0 Å². The van der Waals surface area contributed by atoms with Gasteiger partial charge in [0.2, 0.25) is 11.8 Å². The molecule has 4 amide bonds. The number of piperazine rings is 1. The summed E-state index contributed by atoms with van der Waals surface area (Å²) in [6, 6.07) is 8.77. The summed E-state index contributed by atoms with van der Waals surface area (Å²) in [7, 11) is 0. The van der Waals surface area contributed by atoms with Gasteiger partial charge in [-0.25, -0.2) is 4.79 Å². The summed E-state index contributed by atoms with van der Waals surface area (Å²) in [5, 5.41) is 5.74. The normalized spacial score (nSPS) is 16.7. The van der Waals surface area contributed by atoms with Gasteiger partial charge in [-0.05, 0) is 25.3 Å². The molecule has 0 aromatic heterocycles. The molecule has 2 N–H and O–H groups in total. The molecule has 7 heteroatoms. The van der Waals surface area contributed by atoms with Gasteiger partial charge < -0.3 is 20.4 Å². The number of unbranched alkanes of at least 4 members (excludes halogenated alkanes) is 5. The summed E-state index contributed by atoms with van der Waals surface area (Å²) in [5.41, 5.74) is 1.000. The van der Waals surface area contributed by atoms with Crippen LogP contribution in [0.15, 0.2) is 30.3 Å². The van der Waals surface area contributed by atoms with E-state index in [2.05, 4.69) is 24.5 Å². The Hall–Kier alpha value is -2.57. The van der Waals surface area contributed by atoms with Crippen LogP contribution in [0.3, 0.4) is 0 Å². The molecule has 2 rings (SSSR count). The summed E-state index contributed by atoms with van der Waals surface area (Å²) in [6.07, 6.45) is 8.54. The van der Waals surface area contributed by atoms with E-state index in [4.69, 9.17) is 0 Å². The van der Waals surface area contributed by atoms with Crippen LogP contribution >= 0.6 is 0 Å². The Morgan fingerprint density at radius 2 is 1.68 bits per heavy atom. The molecule has 7 nitrogen and oxygen atoms in total. The minimum atomic E-state index is -0.642. The van der Waals surface area contributed by atoms with E-state index < -0.39 is 6.04 Å². The predicted octanol–water partition coefficient (Wildman–Crippen LogP) is 4.12. The van der Waals surface area contributed by atoms with Crippen molar-refractivity contribution in [1.82, 2.24) is 20.4 Å². The molecule has 34 heavy (non-hydrogen) atoms. The molecule has 1 aliphatic heterocycles. The summed E-state index contributed by atoms with van der Waals surface area (Å²) >= 11 is 0. The van der Waals surface area contributed by atoms with E-state index in [1.807, 2.05) is 42.2 Å². The Balaban J connectivity index is 1.94. The number of hydrogen-bond acceptors (Lipinski definition) is 3. The minimum absolute atomic E-state index is 0.0309. The second-order valence-corrected chi connectivity index (χ2v) is 9.38. The van der Waals surface area contributed by atoms with E-state index in [1.165, 1.54) is 19.3 Å². The number of benzene rings is 1. The maximum absolute atomic E-state index is 13.4. The Morgan fingerprint density at radius 3 is 2.35 bits per heavy atom. The molecule has 0 spiro atoms. The third-order valence-electron chi connectivity index (χ3n) is 6.46. The zero-order chi connectivity index (χ0) is 24.8. The summed E-state index contributed by atoms with van der Waals surface area (Å²) in [4.78, 5) is 42.3. The molecule has 1 fully saturated rings. The zero-order valence-corrected chi connectivity index (χ0v) is 21.4. The molecule has 0 bridgehead atoms. The standard InChI is InChI=1S/C27H44N4O3/c1-4-6-8-9-13-16-25(32)31-19-18-30(21-22(31)3)26(33)24(20-23-14-11-10-12-15-23)29-27(34)28-17-7-5-2/h10-12,14-15,22,24H,4-9,13,16-21H2,1-3H3,(H2,28,29,34). The second-order valence-electron chi connectivity index (χ2n) is 9.38. The fraction of sp³-hybridized carbons (Fsp3) is 0.667. The average molecular weight is 473 g/mol. The van der Waals surface area contributed by atoms with Crippen LogP contribution in [0, 0.1) is 0 Å². The molecule has 1 aromatic rings. The van der Waals surface area contributed by atoms with Crippen molar-refractivity contribution in [2.75, 3.05) is 26.2 Å². The zero-order valence-electron chi connectivity index (χ0n) is 21.4. The van der Waals surface area contributed by atoms with Crippen molar-refractivity contribution in [3.63, 3.8) is 0 Å². The third kappa shape index (κ3) is 9.35. The van der Waals surface area contributed by atoms with Gasteiger partial charge in [0.15, 0.2) is 0 Å². The molecule has 2 unspecified atom stereocenters. The van der Waals surface area contributed by atoms with Crippen molar-refractivity contribution in [3.8, 4) is 0 Å². The van der Waals surface area contributed by atoms with E-state index in [0.29, 0.717) is 39.0 Å². The van der Waals surface area contributed by atoms with Gasteiger partial charge in [-0.3, -0.25) is 9.59 Å². The van der Waals surface area contributed by atoms with Crippen molar-refractivity contribution in [1.29, 1.82) is 0 Å². The highest BCUT2D eigenvalue weighted by molar-refractivity contribution is 5.87. The van der Waals surface area contributed by atoms with Crippen LogP contribution in [0.5, 0.6) is 0 Å². The van der Waals surface area contributed by atoms with Crippen LogP contribution in [-0.4, -0.2) is 65.9 Å². The van der Waals surface area contributed by atoms with E-state index in [1.54, 1.807) is 4.90 Å². The first kappa shape index (κ1) is 27.7. The molecular formula is C27H44N4O3. The topological polar surface area (TPSA) is 81.8 Å². The van der Waals surface area contributed by atoms with E-state index in [0.717, 1.165) is 31.2 Å². The average Bonchev–Trinajstić information content (AvgIpc) is 2.83. The molecule has 0 saturated carbocycles. The largest absolute Gasteiger partial charge is 0.338 e. The highest BCUT2D eigenvalue weighted by atomic mass is 16.2. The Bertz CT molecular complexity index is 756. The maximum Gasteiger partial charge on any atom is 0.315 e. The minimum Gasteiger partial charge on any atom is -0.338 e. The van der Waals surface area contributed by atoms with Crippen LogP contribution in [0.2, 0.25) is 0 Å². The van der Waals surface area contributed by atoms with Crippen molar-refractivity contribution in [2.45, 2.75) is 90.6 Å². The number of nitrogens with zero attached hydrogens (tertiary/aromatic N) is 2. The first-order chi connectivity index (χ1) is 16.5. The molecule has 0 aliphatic carbocycles. The third-order valence-corrected chi connectivity index (χ3v) is 6.46. The van der Waals surface area contributed by atoms with Crippen LogP contribution < -0.4 is 10.6 Å². The summed E-state index contributed by atoms with van der Waals surface area (Å²) in [6.45, 7) is 8.38. The molecule has 1 heterocycles. The lowest BCUT2D eigenvalue weighted by Gasteiger charge is -2.41. The lowest BCUT2D eigenvalue weighted by Crippen LogP contribution is -2.60. The number of carbonyl (C=O) groups is 3.